The van der Waals surface area contributed by atoms with Gasteiger partial charge in [0.1, 0.15) is 0 Å². The van der Waals surface area contributed by atoms with Gasteiger partial charge in [0.05, 0.1) is 17.9 Å². The van der Waals surface area contributed by atoms with Gasteiger partial charge in [-0.15, -0.1) is 5.10 Å². The minimum atomic E-state index is -0.190. The molecule has 0 aliphatic carbocycles. The van der Waals surface area contributed by atoms with Crippen LogP contribution in [0.4, 0.5) is 0 Å². The van der Waals surface area contributed by atoms with Gasteiger partial charge in [-0.05, 0) is 24.1 Å². The molecule has 0 radical (unpaired) electrons. The predicted octanol–water partition coefficient (Wildman–Crippen LogP) is 1.13. The second kappa shape index (κ2) is 4.85. The minimum Gasteiger partial charge on any atom is -0.319 e. The van der Waals surface area contributed by atoms with Crippen molar-refractivity contribution >= 4 is 0 Å². The van der Waals surface area contributed by atoms with Crippen molar-refractivity contribution in [2.45, 2.75) is 25.9 Å². The molecule has 84 valence electrons. The zero-order chi connectivity index (χ0) is 11.4. The smallest absolute Gasteiger partial charge is 0.0799 e. The van der Waals surface area contributed by atoms with E-state index in [9.17, 15) is 0 Å². The summed E-state index contributed by atoms with van der Waals surface area (Å²) in [6.07, 6.45) is 6.21. The van der Waals surface area contributed by atoms with Crippen LogP contribution in [0.2, 0.25) is 0 Å². The van der Waals surface area contributed by atoms with Crippen LogP contribution in [0.3, 0.4) is 0 Å². The molecule has 16 heavy (non-hydrogen) atoms. The summed E-state index contributed by atoms with van der Waals surface area (Å²) in [7, 11) is 0. The summed E-state index contributed by atoms with van der Waals surface area (Å²) in [6, 6.07) is 3.63. The Morgan fingerprint density at radius 1 is 1.38 bits per heavy atom. The maximum Gasteiger partial charge on any atom is 0.0799 e. The highest BCUT2D eigenvalue weighted by Gasteiger charge is 2.14. The summed E-state index contributed by atoms with van der Waals surface area (Å²) >= 11 is 0. The molecule has 0 amide bonds. The van der Waals surface area contributed by atoms with Crippen LogP contribution in [0.1, 0.15) is 30.6 Å². The van der Waals surface area contributed by atoms with Crippen molar-refractivity contribution in [2.24, 2.45) is 5.73 Å². The number of aryl methyl sites for hydroxylation is 1. The molecule has 1 unspecified atom stereocenters. The predicted molar refractivity (Wildman–Crippen MR) is 60.6 cm³/mol. The largest absolute Gasteiger partial charge is 0.319 e. The normalized spacial score (nSPS) is 12.6. The summed E-state index contributed by atoms with van der Waals surface area (Å²) < 4.78 is 1.85. The van der Waals surface area contributed by atoms with Crippen molar-refractivity contribution in [1.29, 1.82) is 0 Å². The molecule has 2 rings (SSSR count). The number of pyridine rings is 1. The monoisotopic (exact) mass is 217 g/mol. The maximum atomic E-state index is 6.16. The lowest BCUT2D eigenvalue weighted by Crippen LogP contribution is -2.17. The molecule has 5 heteroatoms. The minimum absolute atomic E-state index is 0.190. The Bertz CT molecular complexity index is 437. The summed E-state index contributed by atoms with van der Waals surface area (Å²) in [4.78, 5) is 3.97. The van der Waals surface area contributed by atoms with E-state index in [1.165, 1.54) is 0 Å². The van der Waals surface area contributed by atoms with E-state index >= 15 is 0 Å². The average molecular weight is 217 g/mol. The highest BCUT2D eigenvalue weighted by molar-refractivity contribution is 5.23. The van der Waals surface area contributed by atoms with E-state index in [4.69, 9.17) is 5.73 Å². The van der Waals surface area contributed by atoms with E-state index in [1.54, 1.807) is 18.6 Å². The van der Waals surface area contributed by atoms with E-state index in [2.05, 4.69) is 22.2 Å². The molecule has 1 atom stereocenters. The summed E-state index contributed by atoms with van der Waals surface area (Å²) in [5.74, 6) is 0. The molecule has 2 aromatic heterocycles. The maximum absolute atomic E-state index is 6.16. The molecule has 0 fully saturated rings. The third-order valence-corrected chi connectivity index (χ3v) is 2.47. The molecular weight excluding hydrogens is 202 g/mol. The first-order chi connectivity index (χ1) is 7.83. The molecule has 0 saturated carbocycles. The molecule has 2 heterocycles. The number of rotatable bonds is 4. The molecule has 0 spiro atoms. The molecule has 0 aromatic carbocycles. The first kappa shape index (κ1) is 10.8. The van der Waals surface area contributed by atoms with Gasteiger partial charge in [0.15, 0.2) is 0 Å². The van der Waals surface area contributed by atoms with E-state index in [-0.39, 0.29) is 6.04 Å². The third kappa shape index (κ3) is 2.09. The van der Waals surface area contributed by atoms with Gasteiger partial charge in [-0.25, -0.2) is 4.68 Å². The molecule has 2 aromatic rings. The Balaban J connectivity index is 2.27. The van der Waals surface area contributed by atoms with Crippen LogP contribution < -0.4 is 5.73 Å². The average Bonchev–Trinajstić information content (AvgIpc) is 2.78. The number of aromatic nitrogens is 4. The van der Waals surface area contributed by atoms with Crippen molar-refractivity contribution in [2.75, 3.05) is 0 Å². The fourth-order valence-electron chi connectivity index (χ4n) is 1.63. The van der Waals surface area contributed by atoms with E-state index < -0.39 is 0 Å². The lowest BCUT2D eigenvalue weighted by Gasteiger charge is -2.12. The second-order valence-corrected chi connectivity index (χ2v) is 3.64. The topological polar surface area (TPSA) is 69.6 Å². The Morgan fingerprint density at radius 3 is 2.81 bits per heavy atom. The Hall–Kier alpha value is -1.75. The Morgan fingerprint density at radius 2 is 2.12 bits per heavy atom. The van der Waals surface area contributed by atoms with Gasteiger partial charge in [-0.3, -0.25) is 4.98 Å². The molecule has 5 nitrogen and oxygen atoms in total. The second-order valence-electron chi connectivity index (χ2n) is 3.64. The van der Waals surface area contributed by atoms with Gasteiger partial charge >= 0.3 is 0 Å². The molecule has 2 N–H and O–H groups in total. The molecule has 0 saturated heterocycles. The summed E-state index contributed by atoms with van der Waals surface area (Å²) in [5, 5.41) is 7.93. The van der Waals surface area contributed by atoms with Crippen molar-refractivity contribution in [1.82, 2.24) is 20.0 Å². The fraction of sp³-hybridized carbons (Fsp3) is 0.364. The molecule has 0 aliphatic rings. The van der Waals surface area contributed by atoms with E-state index in [1.807, 2.05) is 16.8 Å². The van der Waals surface area contributed by atoms with Gasteiger partial charge in [0.2, 0.25) is 0 Å². The molecule has 0 aliphatic heterocycles. The van der Waals surface area contributed by atoms with Crippen LogP contribution in [-0.4, -0.2) is 20.0 Å². The zero-order valence-electron chi connectivity index (χ0n) is 9.24. The number of nitrogens with two attached hydrogens (primary N) is 1. The lowest BCUT2D eigenvalue weighted by atomic mass is 10.1. The van der Waals surface area contributed by atoms with Crippen LogP contribution in [0.5, 0.6) is 0 Å². The van der Waals surface area contributed by atoms with Gasteiger partial charge in [0, 0.05) is 18.9 Å². The third-order valence-electron chi connectivity index (χ3n) is 2.47. The van der Waals surface area contributed by atoms with Crippen LogP contribution in [-0.2, 0) is 6.54 Å². The number of hydrogen-bond donors (Lipinski definition) is 1. The van der Waals surface area contributed by atoms with E-state index in [0.29, 0.717) is 0 Å². The number of hydrogen-bond acceptors (Lipinski definition) is 4. The highest BCUT2D eigenvalue weighted by atomic mass is 15.4. The fourth-order valence-corrected chi connectivity index (χ4v) is 1.63. The van der Waals surface area contributed by atoms with Crippen molar-refractivity contribution < 1.29 is 0 Å². The molecule has 0 bridgehead atoms. The quantitative estimate of drug-likeness (QED) is 0.833. The van der Waals surface area contributed by atoms with Crippen LogP contribution in [0.25, 0.3) is 0 Å². The van der Waals surface area contributed by atoms with Crippen molar-refractivity contribution in [3.63, 3.8) is 0 Å². The van der Waals surface area contributed by atoms with Gasteiger partial charge in [0.25, 0.3) is 0 Å². The van der Waals surface area contributed by atoms with Gasteiger partial charge < -0.3 is 5.73 Å². The zero-order valence-corrected chi connectivity index (χ0v) is 9.24. The standard InChI is InChI=1S/C11H15N5/c1-2-7-16-10(8-14-15-16)11(12)9-3-5-13-6-4-9/h3-6,8,11H,2,7,12H2,1H3. The van der Waals surface area contributed by atoms with Gasteiger partial charge in [-0.1, -0.05) is 12.1 Å². The number of nitrogens with zero attached hydrogens (tertiary/aromatic N) is 4. The first-order valence-corrected chi connectivity index (χ1v) is 5.36. The molecular formula is C11H15N5. The Kier molecular flexibility index (Phi) is 3.26. The van der Waals surface area contributed by atoms with Crippen LogP contribution in [0.15, 0.2) is 30.7 Å². The SMILES string of the molecule is CCCn1nncc1C(N)c1ccncc1. The summed E-state index contributed by atoms with van der Waals surface area (Å²) in [6.45, 7) is 2.94. The van der Waals surface area contributed by atoms with Gasteiger partial charge in [-0.2, -0.15) is 0 Å². The van der Waals surface area contributed by atoms with Crippen molar-refractivity contribution in [3.05, 3.63) is 42.0 Å². The first-order valence-electron chi connectivity index (χ1n) is 5.36. The van der Waals surface area contributed by atoms with Crippen LogP contribution >= 0.6 is 0 Å². The Labute approximate surface area is 94.3 Å². The lowest BCUT2D eigenvalue weighted by molar-refractivity contribution is 0.543. The van der Waals surface area contributed by atoms with E-state index in [0.717, 1.165) is 24.2 Å². The highest BCUT2D eigenvalue weighted by Crippen LogP contribution is 2.17. The summed E-state index contributed by atoms with van der Waals surface area (Å²) in [5.41, 5.74) is 8.12. The van der Waals surface area contributed by atoms with Crippen molar-refractivity contribution in [3.8, 4) is 0 Å². The van der Waals surface area contributed by atoms with Crippen LogP contribution in [0, 0.1) is 0 Å².